The van der Waals surface area contributed by atoms with Crippen LogP contribution >= 0.6 is 23.2 Å². The van der Waals surface area contributed by atoms with E-state index in [1.54, 1.807) is 7.05 Å². The number of hydrogen-bond acceptors (Lipinski definition) is 28. The number of carboxylic acid groups (broad SMARTS) is 4. The zero-order valence-corrected chi connectivity index (χ0v) is 46.1. The highest BCUT2D eigenvalue weighted by Gasteiger charge is 2.61. The molecule has 2 rings (SSSR count). The minimum absolute atomic E-state index is 0.366. The van der Waals surface area contributed by atoms with E-state index in [4.69, 9.17) is 74.5 Å². The number of aliphatic imine (C=N–C) groups is 1. The van der Waals surface area contributed by atoms with Crippen LogP contribution in [-0.4, -0.2) is 308 Å². The van der Waals surface area contributed by atoms with Crippen molar-refractivity contribution in [1.82, 2.24) is 26.6 Å². The van der Waals surface area contributed by atoms with E-state index in [1.807, 2.05) is 60.5 Å². The molecule has 0 bridgehead atoms. The van der Waals surface area contributed by atoms with Crippen LogP contribution in [0.15, 0.2) is 53.5 Å². The number of guanidine groups is 2. The van der Waals surface area contributed by atoms with Crippen molar-refractivity contribution in [2.75, 3.05) is 58.5 Å². The molecule has 0 spiro atoms. The van der Waals surface area contributed by atoms with Crippen molar-refractivity contribution < 1.29 is 142 Å². The summed E-state index contributed by atoms with van der Waals surface area (Å²) in [6.07, 6.45) is -26.9. The summed E-state index contributed by atoms with van der Waals surface area (Å²) in [6, 6.07) is 15.1. The molecule has 0 fully saturated rings. The third-order valence-electron chi connectivity index (χ3n) is 11.9. The van der Waals surface area contributed by atoms with E-state index < -0.39 is 146 Å². The molecule has 0 saturated heterocycles. The molecule has 84 heavy (non-hydrogen) atoms. The van der Waals surface area contributed by atoms with Gasteiger partial charge in [-0.2, -0.15) is 0 Å². The Morgan fingerprint density at radius 3 is 1.04 bits per heavy atom. The minimum Gasteiger partial charge on any atom is -0.478 e. The van der Waals surface area contributed by atoms with Crippen LogP contribution in [0.3, 0.4) is 0 Å². The van der Waals surface area contributed by atoms with Crippen molar-refractivity contribution in [3.8, 4) is 0 Å². The molecular weight excluding hydrogens is 1180 g/mol. The molecule has 0 aliphatic rings. The topological polar surface area (TPSA) is 653 Å². The predicted molar refractivity (Wildman–Crippen MR) is 287 cm³/mol. The van der Waals surface area contributed by atoms with Crippen LogP contribution in [0.2, 0.25) is 10.0 Å². The molecule has 38 heteroatoms. The fraction of sp³-hybridized carbons (Fsp3) is 0.609. The van der Waals surface area contributed by atoms with Gasteiger partial charge >= 0.3 is 23.9 Å². The van der Waals surface area contributed by atoms with Gasteiger partial charge in [0.25, 0.3) is 0 Å². The maximum atomic E-state index is 11.3. The number of aliphatic carboxylic acids is 4. The number of rotatable bonds is 33. The van der Waals surface area contributed by atoms with E-state index in [2.05, 4.69) is 16.0 Å². The Balaban J connectivity index is 0.00000123. The maximum absolute atomic E-state index is 11.3. The van der Waals surface area contributed by atoms with Crippen molar-refractivity contribution in [3.05, 3.63) is 58.6 Å². The molecule has 0 unspecified atom stereocenters. The molecule has 30 N–H and O–H groups in total. The molecule has 0 saturated carbocycles. The number of carbonyl (C=O) groups is 4. The van der Waals surface area contributed by atoms with Gasteiger partial charge in [0.2, 0.25) is 28.9 Å². The van der Waals surface area contributed by atoms with Crippen molar-refractivity contribution in [2.24, 2.45) is 4.99 Å². The summed E-state index contributed by atoms with van der Waals surface area (Å²) in [4.78, 5) is 52.0. The van der Waals surface area contributed by atoms with Gasteiger partial charge in [0.15, 0.2) is 5.96 Å². The fourth-order valence-corrected chi connectivity index (χ4v) is 6.87. The van der Waals surface area contributed by atoms with Gasteiger partial charge in [-0.3, -0.25) is 5.41 Å². The highest BCUT2D eigenvalue weighted by atomic mass is 35.5. The van der Waals surface area contributed by atoms with Gasteiger partial charge in [-0.25, -0.2) is 34.8 Å². The van der Waals surface area contributed by atoms with Crippen LogP contribution in [0.5, 0.6) is 0 Å². The Kier molecular flexibility index (Phi) is 34.2. The monoisotopic (exact) mass is 1260 g/mol. The van der Waals surface area contributed by atoms with Gasteiger partial charge in [-0.1, -0.05) is 36.0 Å². The first kappa shape index (κ1) is 78.6. The second-order valence-corrected chi connectivity index (χ2v) is 19.0. The lowest BCUT2D eigenvalue weighted by Crippen LogP contribution is -2.77. The number of aliphatic hydroxyl groups is 20. The first-order valence-corrected chi connectivity index (χ1v) is 25.2. The smallest absolute Gasteiger partial charge is 0.354 e. The second kappa shape index (κ2) is 36.5. The van der Waals surface area contributed by atoms with Gasteiger partial charge in [-0.15, -0.1) is 0 Å². The normalized spacial score (nSPS) is 18.9. The first-order valence-electron chi connectivity index (χ1n) is 24.5. The number of hydrogen-bond donors (Lipinski definition) is 30. The number of nitrogens with one attached hydrogen (secondary N) is 6. The van der Waals surface area contributed by atoms with Gasteiger partial charge in [0, 0.05) is 42.9 Å². The number of carboxylic acids is 4. The second-order valence-electron chi connectivity index (χ2n) is 18.1. The van der Waals surface area contributed by atoms with Crippen LogP contribution in [0, 0.1) is 5.41 Å². The quantitative estimate of drug-likeness (QED) is 0.0137. The molecule has 0 aliphatic heterocycles. The summed E-state index contributed by atoms with van der Waals surface area (Å²) in [5, 5.41) is 246. The van der Waals surface area contributed by atoms with E-state index in [-0.39, 0.29) is 0 Å². The van der Waals surface area contributed by atoms with E-state index >= 15 is 0 Å². The molecule has 2 aromatic rings. The molecule has 16 atom stereocenters. The third-order valence-corrected chi connectivity index (χ3v) is 12.4. The average molecular weight is 1260 g/mol. The Bertz CT molecular complexity index is 2190. The molecule has 0 radical (unpaired) electrons. The average Bonchev–Trinajstić information content (AvgIpc) is 3.27. The number of benzene rings is 2. The Hall–Kier alpha value is -5.44. The van der Waals surface area contributed by atoms with E-state index in [9.17, 15) is 101 Å². The van der Waals surface area contributed by atoms with Crippen LogP contribution in [0.1, 0.15) is 25.7 Å². The summed E-state index contributed by atoms with van der Waals surface area (Å²) < 4.78 is 0. The number of unbranched alkanes of at least 4 members (excludes halogenated alkanes) is 3. The summed E-state index contributed by atoms with van der Waals surface area (Å²) >= 11 is 12.0. The van der Waals surface area contributed by atoms with Gasteiger partial charge < -0.3 is 143 Å². The molecule has 36 nitrogen and oxygen atoms in total. The Labute approximate surface area is 486 Å². The maximum Gasteiger partial charge on any atom is 0.354 e. The van der Waals surface area contributed by atoms with E-state index in [1.165, 1.54) is 0 Å². The largest absolute Gasteiger partial charge is 0.478 e. The van der Waals surface area contributed by atoms with E-state index in [0.29, 0.717) is 16.0 Å². The zero-order valence-electron chi connectivity index (χ0n) is 44.6. The van der Waals surface area contributed by atoms with Crippen molar-refractivity contribution in [1.29, 1.82) is 5.41 Å². The predicted octanol–water partition coefficient (Wildman–Crippen LogP) is -10.4. The lowest BCUT2D eigenvalue weighted by Gasteiger charge is -2.41. The molecule has 0 amide bonds. The summed E-state index contributed by atoms with van der Waals surface area (Å²) in [7, 11) is 3.72. The lowest BCUT2D eigenvalue weighted by molar-refractivity contribution is -0.241. The lowest BCUT2D eigenvalue weighted by atomic mass is 9.92. The zero-order chi connectivity index (χ0) is 65.2. The van der Waals surface area contributed by atoms with Gasteiger partial charge in [-0.05, 0) is 61.4 Å². The van der Waals surface area contributed by atoms with Gasteiger partial charge in [0.05, 0.1) is 32.1 Å². The van der Waals surface area contributed by atoms with Crippen molar-refractivity contribution >= 4 is 70.4 Å². The van der Waals surface area contributed by atoms with Crippen molar-refractivity contribution in [2.45, 2.75) is 122 Å². The minimum atomic E-state index is -3.96. The number of halogens is 2. The third kappa shape index (κ3) is 22.4. The SMILES string of the molecule is CNC(=N)NCCCCCCNC(=Nc1ccc(Cl)cc1)N(C)c1ccc(Cl)cc1.O=C(O)[C@](O)(N[C@@](O)(C(=O)O)[C@@H](O)[C@H](O)[C@H](O)CO)[C@@H](O)[C@H](O)[C@H](O)CO.O=C(O)[C@](O)(N[C@@](O)(C(=O)O)[C@@H](O)[C@H](O)[C@H](O)CO)[C@@H](O)[C@H](O)[C@H](O)CO. The number of anilines is 1. The number of nitrogens with zero attached hydrogens (tertiary/aromatic N) is 2. The summed E-state index contributed by atoms with van der Waals surface area (Å²) in [5.41, 5.74) is -14.0. The standard InChI is InChI=1S/C22H30Cl2N6.2C12H23NO14/c1-26-21(25)27-15-5-3-4-6-16-28-22(29-19-11-7-17(23)8-12-19)30(2)20-13-9-18(24)10-14-20;2*14-1-3(16)5(18)7(20)11(26,9(22)23)13-12(27,10(24)25)8(21)6(19)4(17)2-15/h7-14H,3-6,15-16H2,1-2H3,(H,28,29)(H3,25,26,27);2*3-8,13-21,26-27H,1-2H2,(H,22,23)(H,24,25)/t;2*3-,4-,5-,6-,7+,8+,11+,12+/m.11/s1. The summed E-state index contributed by atoms with van der Waals surface area (Å²) in [6.45, 7) is -3.25. The van der Waals surface area contributed by atoms with Crippen LogP contribution in [0.4, 0.5) is 11.4 Å². The van der Waals surface area contributed by atoms with Crippen LogP contribution < -0.4 is 31.5 Å². The van der Waals surface area contributed by atoms with Gasteiger partial charge in [0.1, 0.15) is 73.2 Å². The van der Waals surface area contributed by atoms with Crippen LogP contribution in [-0.2, 0) is 19.2 Å². The molecule has 0 aromatic heterocycles. The molecule has 0 aliphatic carbocycles. The summed E-state index contributed by atoms with van der Waals surface area (Å²) in [5.74, 6) is -8.91. The van der Waals surface area contributed by atoms with E-state index in [0.717, 1.165) is 66.7 Å². The van der Waals surface area contributed by atoms with Crippen LogP contribution in [0.25, 0.3) is 0 Å². The molecular formula is C46H76Cl2N8O28. The molecule has 0 heterocycles. The number of aliphatic hydroxyl groups excluding tert-OH is 16. The van der Waals surface area contributed by atoms with Crippen molar-refractivity contribution in [3.63, 3.8) is 0 Å². The fourth-order valence-electron chi connectivity index (χ4n) is 6.62. The molecule has 2 aromatic carbocycles. The molecule has 482 valence electrons. The highest BCUT2D eigenvalue weighted by Crippen LogP contribution is 2.25. The first-order chi connectivity index (χ1) is 38.9. The Morgan fingerprint density at radius 2 is 0.774 bits per heavy atom. The highest BCUT2D eigenvalue weighted by molar-refractivity contribution is 6.31. The Morgan fingerprint density at radius 1 is 0.500 bits per heavy atom.